The van der Waals surface area contributed by atoms with Crippen molar-refractivity contribution < 1.29 is 18.7 Å². The Morgan fingerprint density at radius 2 is 1.87 bits per heavy atom. The van der Waals surface area contributed by atoms with E-state index in [9.17, 15) is 9.59 Å². The van der Waals surface area contributed by atoms with Crippen LogP contribution in [0.4, 0.5) is 5.69 Å². The van der Waals surface area contributed by atoms with Gasteiger partial charge in [-0.2, -0.15) is 5.10 Å². The Morgan fingerprint density at radius 3 is 2.60 bits per heavy atom. The number of Topliss-reactive ketones (excluding diaryl/α,β-unsaturated/α-hetero) is 1. The van der Waals surface area contributed by atoms with E-state index in [4.69, 9.17) is 14.3 Å². The summed E-state index contributed by atoms with van der Waals surface area (Å²) in [5.41, 5.74) is 2.89. The SMILES string of the molecule is COc1ccc(C2=NN(CN3C(=O)C(=O)c4ccccc43)C(c3ccco3)C2)cc1. The zero-order chi connectivity index (χ0) is 20.7. The molecule has 0 bridgehead atoms. The second kappa shape index (κ2) is 7.18. The smallest absolute Gasteiger partial charge is 0.301 e. The lowest BCUT2D eigenvalue weighted by Gasteiger charge is -2.27. The number of carbonyl (C=O) groups is 2. The number of ketones is 1. The van der Waals surface area contributed by atoms with E-state index >= 15 is 0 Å². The number of carbonyl (C=O) groups excluding carboxylic acids is 2. The van der Waals surface area contributed by atoms with Crippen LogP contribution in [0.1, 0.15) is 34.1 Å². The van der Waals surface area contributed by atoms with Gasteiger partial charge in [0, 0.05) is 6.42 Å². The maximum absolute atomic E-state index is 12.6. The Bertz CT molecular complexity index is 1140. The first-order chi connectivity index (χ1) is 14.7. The van der Waals surface area contributed by atoms with Crippen LogP contribution in [0, 0.1) is 0 Å². The van der Waals surface area contributed by atoms with Gasteiger partial charge in [0.05, 0.1) is 30.3 Å². The summed E-state index contributed by atoms with van der Waals surface area (Å²) in [5.74, 6) is 0.504. The van der Waals surface area contributed by atoms with Crippen molar-refractivity contribution in [2.75, 3.05) is 18.7 Å². The first-order valence-corrected chi connectivity index (χ1v) is 9.63. The van der Waals surface area contributed by atoms with Crippen molar-refractivity contribution in [3.05, 3.63) is 83.8 Å². The number of anilines is 1. The number of hydrazone groups is 1. The predicted octanol–water partition coefficient (Wildman–Crippen LogP) is 3.63. The summed E-state index contributed by atoms with van der Waals surface area (Å²) in [4.78, 5) is 26.5. The molecular weight excluding hydrogens is 382 g/mol. The second-order valence-electron chi connectivity index (χ2n) is 7.17. The minimum Gasteiger partial charge on any atom is -0.497 e. The van der Waals surface area contributed by atoms with Crippen molar-refractivity contribution in [3.8, 4) is 5.75 Å². The topological polar surface area (TPSA) is 75.3 Å². The van der Waals surface area contributed by atoms with Crippen LogP contribution in [0.3, 0.4) is 0 Å². The summed E-state index contributed by atoms with van der Waals surface area (Å²) < 4.78 is 10.9. The largest absolute Gasteiger partial charge is 0.497 e. The van der Waals surface area contributed by atoms with Crippen LogP contribution >= 0.6 is 0 Å². The molecule has 3 heterocycles. The lowest BCUT2D eigenvalue weighted by atomic mass is 10.0. The number of ether oxygens (including phenoxy) is 1. The van der Waals surface area contributed by atoms with Crippen molar-refractivity contribution in [1.82, 2.24) is 5.01 Å². The van der Waals surface area contributed by atoms with Crippen LogP contribution in [-0.2, 0) is 4.79 Å². The van der Waals surface area contributed by atoms with E-state index in [1.165, 1.54) is 4.90 Å². The minimum atomic E-state index is -0.539. The molecule has 0 N–H and O–H groups in total. The standard InChI is InChI=1S/C23H19N3O4/c1-29-16-10-8-15(9-11-16)18-13-20(21-7-4-12-30-21)26(24-18)14-25-19-6-3-2-5-17(19)22(27)23(25)28/h2-12,20H,13-14H2,1H3. The highest BCUT2D eigenvalue weighted by atomic mass is 16.5. The molecule has 30 heavy (non-hydrogen) atoms. The molecule has 150 valence electrons. The molecule has 1 atom stereocenters. The molecule has 7 nitrogen and oxygen atoms in total. The van der Waals surface area contributed by atoms with Gasteiger partial charge in [-0.15, -0.1) is 0 Å². The van der Waals surface area contributed by atoms with Crippen LogP contribution < -0.4 is 9.64 Å². The molecule has 7 heteroatoms. The molecule has 0 fully saturated rings. The molecule has 1 amide bonds. The van der Waals surface area contributed by atoms with Gasteiger partial charge in [-0.25, -0.2) is 0 Å². The van der Waals surface area contributed by atoms with Crippen LogP contribution in [0.2, 0.25) is 0 Å². The zero-order valence-corrected chi connectivity index (χ0v) is 16.3. The number of nitrogens with zero attached hydrogens (tertiary/aromatic N) is 3. The van der Waals surface area contributed by atoms with Gasteiger partial charge in [0.2, 0.25) is 0 Å². The van der Waals surface area contributed by atoms with E-state index in [1.807, 2.05) is 47.5 Å². The van der Waals surface area contributed by atoms with Crippen LogP contribution in [-0.4, -0.2) is 36.2 Å². The summed E-state index contributed by atoms with van der Waals surface area (Å²) in [6.07, 6.45) is 2.25. The average molecular weight is 401 g/mol. The van der Waals surface area contributed by atoms with Crippen molar-refractivity contribution in [1.29, 1.82) is 0 Å². The molecule has 2 aliphatic heterocycles. The first-order valence-electron chi connectivity index (χ1n) is 9.63. The Balaban J connectivity index is 1.48. The number of hydrogen-bond acceptors (Lipinski definition) is 6. The molecule has 2 aliphatic rings. The Morgan fingerprint density at radius 1 is 1.07 bits per heavy atom. The normalized spacial score (nSPS) is 18.0. The third-order valence-corrected chi connectivity index (χ3v) is 5.46. The molecule has 0 aliphatic carbocycles. The summed E-state index contributed by atoms with van der Waals surface area (Å²) >= 11 is 0. The third-order valence-electron chi connectivity index (χ3n) is 5.46. The third kappa shape index (κ3) is 2.95. The highest BCUT2D eigenvalue weighted by Gasteiger charge is 2.39. The molecular formula is C23H19N3O4. The number of methoxy groups -OCH3 is 1. The molecule has 0 saturated heterocycles. The van der Waals surface area contributed by atoms with E-state index in [0.29, 0.717) is 17.7 Å². The fraction of sp³-hybridized carbons (Fsp3) is 0.174. The van der Waals surface area contributed by atoms with Crippen molar-refractivity contribution >= 4 is 23.1 Å². The number of hydrogen-bond donors (Lipinski definition) is 0. The highest BCUT2D eigenvalue weighted by molar-refractivity contribution is 6.52. The monoisotopic (exact) mass is 401 g/mol. The van der Waals surface area contributed by atoms with Gasteiger partial charge in [0.25, 0.3) is 5.78 Å². The lowest BCUT2D eigenvalue weighted by molar-refractivity contribution is -0.114. The molecule has 0 radical (unpaired) electrons. The Hall–Kier alpha value is -3.87. The molecule has 1 aromatic heterocycles. The fourth-order valence-electron chi connectivity index (χ4n) is 3.91. The van der Waals surface area contributed by atoms with E-state index in [0.717, 1.165) is 22.8 Å². The Labute approximate surface area is 173 Å². The lowest BCUT2D eigenvalue weighted by Crippen LogP contribution is -2.39. The number of furan rings is 1. The van der Waals surface area contributed by atoms with Crippen molar-refractivity contribution in [2.24, 2.45) is 5.10 Å². The summed E-state index contributed by atoms with van der Waals surface area (Å²) in [6, 6.07) is 18.3. The van der Waals surface area contributed by atoms with Crippen LogP contribution in [0.15, 0.2) is 76.4 Å². The van der Waals surface area contributed by atoms with Crippen molar-refractivity contribution in [3.63, 3.8) is 0 Å². The van der Waals surface area contributed by atoms with Gasteiger partial charge in [-0.3, -0.25) is 19.5 Å². The Kier molecular flexibility index (Phi) is 4.35. The van der Waals surface area contributed by atoms with Gasteiger partial charge in [0.1, 0.15) is 24.2 Å². The summed E-state index contributed by atoms with van der Waals surface area (Å²) in [6.45, 7) is 0.159. The zero-order valence-electron chi connectivity index (χ0n) is 16.3. The molecule has 0 saturated carbocycles. The predicted molar refractivity (Wildman–Crippen MR) is 111 cm³/mol. The molecule has 5 rings (SSSR count). The van der Waals surface area contributed by atoms with Gasteiger partial charge in [0.15, 0.2) is 0 Å². The molecule has 1 unspecified atom stereocenters. The molecule has 0 spiro atoms. The van der Waals surface area contributed by atoms with Gasteiger partial charge < -0.3 is 9.15 Å². The second-order valence-corrected chi connectivity index (χ2v) is 7.17. The highest BCUT2D eigenvalue weighted by Crippen LogP contribution is 2.36. The van der Waals surface area contributed by atoms with E-state index < -0.39 is 11.7 Å². The number of amides is 1. The van der Waals surface area contributed by atoms with Gasteiger partial charge >= 0.3 is 5.91 Å². The minimum absolute atomic E-state index is 0.159. The van der Waals surface area contributed by atoms with E-state index in [2.05, 4.69) is 0 Å². The van der Waals surface area contributed by atoms with Gasteiger partial charge in [-0.1, -0.05) is 12.1 Å². The van der Waals surface area contributed by atoms with E-state index in [1.54, 1.807) is 31.6 Å². The van der Waals surface area contributed by atoms with E-state index in [-0.39, 0.29) is 12.7 Å². The van der Waals surface area contributed by atoms with Crippen molar-refractivity contribution in [2.45, 2.75) is 12.5 Å². The average Bonchev–Trinajstić information content (AvgIpc) is 3.50. The van der Waals surface area contributed by atoms with Crippen LogP contribution in [0.5, 0.6) is 5.75 Å². The van der Waals surface area contributed by atoms with Crippen LogP contribution in [0.25, 0.3) is 0 Å². The summed E-state index contributed by atoms with van der Waals surface area (Å²) in [5, 5.41) is 6.60. The quantitative estimate of drug-likeness (QED) is 0.611. The fourth-order valence-corrected chi connectivity index (χ4v) is 3.91. The number of rotatable bonds is 5. The van der Waals surface area contributed by atoms with Gasteiger partial charge in [-0.05, 0) is 54.1 Å². The molecule has 2 aromatic carbocycles. The number of fused-ring (bicyclic) bond motifs is 1. The first kappa shape index (κ1) is 18.2. The summed E-state index contributed by atoms with van der Waals surface area (Å²) in [7, 11) is 1.63. The molecule has 3 aromatic rings. The maximum atomic E-state index is 12.6. The number of benzene rings is 2. The number of para-hydroxylation sites is 1. The maximum Gasteiger partial charge on any atom is 0.301 e.